The number of hydrogen-bond acceptors (Lipinski definition) is 3. The van der Waals surface area contributed by atoms with Gasteiger partial charge in [-0.15, -0.1) is 6.58 Å². The van der Waals surface area contributed by atoms with Crippen LogP contribution in [-0.4, -0.2) is 22.4 Å². The van der Waals surface area contributed by atoms with E-state index in [2.05, 4.69) is 20.1 Å². The summed E-state index contributed by atoms with van der Waals surface area (Å²) in [6.07, 6.45) is 2.47. The monoisotopic (exact) mass is 288 g/mol. The van der Waals surface area contributed by atoms with E-state index in [-0.39, 0.29) is 23.4 Å². The minimum absolute atomic E-state index is 0.0326. The van der Waals surface area contributed by atoms with Gasteiger partial charge in [0.1, 0.15) is 11.9 Å². The number of aliphatic hydroxyl groups is 1. The molecule has 0 radical (unpaired) electrons. The maximum Gasteiger partial charge on any atom is 0.115 e. The van der Waals surface area contributed by atoms with Crippen LogP contribution in [0.5, 0.6) is 5.75 Å². The van der Waals surface area contributed by atoms with E-state index >= 15 is 0 Å². The lowest BCUT2D eigenvalue weighted by molar-refractivity contribution is -0.144. The smallest absolute Gasteiger partial charge is 0.115 e. The summed E-state index contributed by atoms with van der Waals surface area (Å²) in [6, 6.07) is 6.58. The first-order chi connectivity index (χ1) is 9.87. The maximum absolute atomic E-state index is 10.7. The van der Waals surface area contributed by atoms with Crippen LogP contribution in [-0.2, 0) is 4.74 Å². The molecule has 1 aromatic carbocycles. The van der Waals surface area contributed by atoms with Crippen LogP contribution in [0.25, 0.3) is 0 Å². The molecule has 1 aliphatic heterocycles. The van der Waals surface area contributed by atoms with Gasteiger partial charge in [0.05, 0.1) is 12.2 Å². The molecule has 1 aromatic rings. The molecule has 114 valence electrons. The summed E-state index contributed by atoms with van der Waals surface area (Å²) in [5.41, 5.74) is 1.42. The van der Waals surface area contributed by atoms with E-state index in [1.807, 2.05) is 13.0 Å². The lowest BCUT2D eigenvalue weighted by Crippen LogP contribution is -2.45. The molecule has 1 fully saturated rings. The van der Waals surface area contributed by atoms with Crippen LogP contribution in [0.4, 0.5) is 0 Å². The molecule has 4 atom stereocenters. The van der Waals surface area contributed by atoms with E-state index in [0.717, 1.165) is 24.0 Å². The standard InChI is InChI=1S/C18H24O3/c1-5-18(4)11-10-15(12(2)3)21-17(18)16(20)13-6-8-14(19)9-7-13/h5-9,15-17,19-20H,1-2,10-11H2,3-4H3/t15-,16-,17?,18+/m0/s1. The number of hydrogen-bond donors (Lipinski definition) is 2. The number of rotatable bonds is 4. The summed E-state index contributed by atoms with van der Waals surface area (Å²) >= 11 is 0. The molecule has 0 aliphatic carbocycles. The van der Waals surface area contributed by atoms with Crippen LogP contribution in [0.2, 0.25) is 0 Å². The number of phenolic OH excluding ortho intramolecular Hbond substituents is 1. The first-order valence-electron chi connectivity index (χ1n) is 7.29. The van der Waals surface area contributed by atoms with Crippen LogP contribution in [0.1, 0.15) is 38.4 Å². The van der Waals surface area contributed by atoms with Gasteiger partial charge in [-0.1, -0.05) is 37.3 Å². The molecule has 0 spiro atoms. The quantitative estimate of drug-likeness (QED) is 0.830. The fourth-order valence-corrected chi connectivity index (χ4v) is 2.85. The molecule has 1 unspecified atom stereocenters. The second-order valence-corrected chi connectivity index (χ2v) is 6.18. The third-order valence-corrected chi connectivity index (χ3v) is 4.44. The molecule has 2 rings (SSSR count). The Bertz CT molecular complexity index is 520. The summed E-state index contributed by atoms with van der Waals surface area (Å²) in [6.45, 7) is 11.9. The normalized spacial score (nSPS) is 30.6. The lowest BCUT2D eigenvalue weighted by Gasteiger charge is -2.45. The number of aromatic hydroxyl groups is 1. The molecule has 2 N–H and O–H groups in total. The Morgan fingerprint density at radius 3 is 2.57 bits per heavy atom. The highest BCUT2D eigenvalue weighted by Gasteiger charge is 2.43. The fourth-order valence-electron chi connectivity index (χ4n) is 2.85. The van der Waals surface area contributed by atoms with Gasteiger partial charge >= 0.3 is 0 Å². The van der Waals surface area contributed by atoms with Crippen LogP contribution >= 0.6 is 0 Å². The van der Waals surface area contributed by atoms with Gasteiger partial charge in [-0.25, -0.2) is 0 Å². The Morgan fingerprint density at radius 1 is 1.43 bits per heavy atom. The summed E-state index contributed by atoms with van der Waals surface area (Å²) in [7, 11) is 0. The zero-order valence-corrected chi connectivity index (χ0v) is 12.7. The van der Waals surface area contributed by atoms with Crippen molar-refractivity contribution in [2.75, 3.05) is 0 Å². The molecule has 1 saturated heterocycles. The SMILES string of the molecule is C=C[C@]1(C)CC[C@@H](C(=C)C)OC1[C@@H](O)c1ccc(O)cc1. The van der Waals surface area contributed by atoms with Gasteiger partial charge in [-0.3, -0.25) is 0 Å². The molecule has 3 nitrogen and oxygen atoms in total. The van der Waals surface area contributed by atoms with Gasteiger partial charge < -0.3 is 14.9 Å². The van der Waals surface area contributed by atoms with Gasteiger partial charge in [-0.05, 0) is 37.5 Å². The average Bonchev–Trinajstić information content (AvgIpc) is 2.47. The predicted octanol–water partition coefficient (Wildman–Crippen LogP) is 3.74. The molecule has 0 saturated carbocycles. The van der Waals surface area contributed by atoms with E-state index in [4.69, 9.17) is 4.74 Å². The number of aliphatic hydroxyl groups excluding tert-OH is 1. The minimum atomic E-state index is -0.768. The minimum Gasteiger partial charge on any atom is -0.508 e. The fraction of sp³-hybridized carbons (Fsp3) is 0.444. The van der Waals surface area contributed by atoms with Crippen LogP contribution < -0.4 is 0 Å². The Hall–Kier alpha value is -1.58. The van der Waals surface area contributed by atoms with Crippen molar-refractivity contribution in [3.63, 3.8) is 0 Å². The Balaban J connectivity index is 2.28. The van der Waals surface area contributed by atoms with E-state index < -0.39 is 6.10 Å². The highest BCUT2D eigenvalue weighted by molar-refractivity contribution is 5.28. The summed E-state index contributed by atoms with van der Waals surface area (Å²) in [4.78, 5) is 0. The number of benzene rings is 1. The van der Waals surface area contributed by atoms with Crippen molar-refractivity contribution in [2.24, 2.45) is 5.41 Å². The third-order valence-electron chi connectivity index (χ3n) is 4.44. The largest absolute Gasteiger partial charge is 0.508 e. The molecule has 3 heteroatoms. The average molecular weight is 288 g/mol. The van der Waals surface area contributed by atoms with Gasteiger partial charge in [0.25, 0.3) is 0 Å². The van der Waals surface area contributed by atoms with Crippen molar-refractivity contribution >= 4 is 0 Å². The second-order valence-electron chi connectivity index (χ2n) is 6.18. The van der Waals surface area contributed by atoms with E-state index in [1.54, 1.807) is 24.3 Å². The summed E-state index contributed by atoms with van der Waals surface area (Å²) in [5, 5.41) is 20.1. The zero-order chi connectivity index (χ0) is 15.6. The van der Waals surface area contributed by atoms with E-state index in [1.165, 1.54) is 0 Å². The Kier molecular flexibility index (Phi) is 4.55. The van der Waals surface area contributed by atoms with Crippen molar-refractivity contribution in [1.29, 1.82) is 0 Å². The maximum atomic E-state index is 10.7. The van der Waals surface area contributed by atoms with Gasteiger partial charge in [0.2, 0.25) is 0 Å². The molecular weight excluding hydrogens is 264 g/mol. The zero-order valence-electron chi connectivity index (χ0n) is 12.7. The molecule has 0 bridgehead atoms. The van der Waals surface area contributed by atoms with Crippen molar-refractivity contribution in [2.45, 2.75) is 45.0 Å². The Labute approximate surface area is 126 Å². The molecule has 1 heterocycles. The molecule has 1 aliphatic rings. The second kappa shape index (κ2) is 6.04. The topological polar surface area (TPSA) is 49.7 Å². The lowest BCUT2D eigenvalue weighted by atomic mass is 9.73. The van der Waals surface area contributed by atoms with Crippen molar-refractivity contribution in [3.05, 3.63) is 54.6 Å². The first-order valence-corrected chi connectivity index (χ1v) is 7.29. The van der Waals surface area contributed by atoms with Crippen molar-refractivity contribution in [1.82, 2.24) is 0 Å². The molecule has 0 amide bonds. The molecule has 21 heavy (non-hydrogen) atoms. The van der Waals surface area contributed by atoms with Crippen molar-refractivity contribution in [3.8, 4) is 5.75 Å². The summed E-state index contributed by atoms with van der Waals surface area (Å²) in [5.74, 6) is 0.182. The predicted molar refractivity (Wildman–Crippen MR) is 84.1 cm³/mol. The highest BCUT2D eigenvalue weighted by atomic mass is 16.5. The number of ether oxygens (including phenoxy) is 1. The van der Waals surface area contributed by atoms with Crippen LogP contribution in [0.15, 0.2) is 49.1 Å². The molecular formula is C18H24O3. The van der Waals surface area contributed by atoms with Gasteiger partial charge in [-0.2, -0.15) is 0 Å². The molecule has 0 aromatic heterocycles. The first kappa shape index (κ1) is 15.8. The Morgan fingerprint density at radius 2 is 2.05 bits per heavy atom. The third kappa shape index (κ3) is 3.20. The summed E-state index contributed by atoms with van der Waals surface area (Å²) < 4.78 is 6.12. The van der Waals surface area contributed by atoms with Crippen LogP contribution in [0.3, 0.4) is 0 Å². The van der Waals surface area contributed by atoms with Crippen LogP contribution in [0, 0.1) is 5.41 Å². The number of phenols is 1. The van der Waals surface area contributed by atoms with Gasteiger partial charge in [0, 0.05) is 5.41 Å². The van der Waals surface area contributed by atoms with Gasteiger partial charge in [0.15, 0.2) is 0 Å². The van der Waals surface area contributed by atoms with E-state index in [9.17, 15) is 10.2 Å². The van der Waals surface area contributed by atoms with E-state index in [0.29, 0.717) is 0 Å². The highest BCUT2D eigenvalue weighted by Crippen LogP contribution is 2.44. The van der Waals surface area contributed by atoms with Crippen molar-refractivity contribution < 1.29 is 14.9 Å².